The van der Waals surface area contributed by atoms with E-state index in [4.69, 9.17) is 5.73 Å². The first kappa shape index (κ1) is 20.9. The van der Waals surface area contributed by atoms with Gasteiger partial charge in [-0.05, 0) is 31.9 Å². The molecule has 2 heterocycles. The van der Waals surface area contributed by atoms with E-state index in [0.29, 0.717) is 18.4 Å². The number of benzene rings is 1. The summed E-state index contributed by atoms with van der Waals surface area (Å²) in [4.78, 5) is 19.8. The first-order valence-electron chi connectivity index (χ1n) is 7.58. The summed E-state index contributed by atoms with van der Waals surface area (Å²) in [5.41, 5.74) is 8.05. The van der Waals surface area contributed by atoms with E-state index in [2.05, 4.69) is 17.1 Å². The van der Waals surface area contributed by atoms with Crippen LogP contribution in [0.5, 0.6) is 0 Å². The van der Waals surface area contributed by atoms with Crippen LogP contribution in [-0.2, 0) is 0 Å². The van der Waals surface area contributed by atoms with Gasteiger partial charge in [0.15, 0.2) is 0 Å². The standard InChI is InChI=1S/C17H21N3OS.2ClH/c1-11-16(22-12(2)19-11)17(21)20-9-14(8-18)15(10-20)13-6-4-3-5-7-13;;/h3-7,14-15H,8-10,18H2,1-2H3;2*1H/t14-,15+;;/m1../s1. The van der Waals surface area contributed by atoms with Gasteiger partial charge in [-0.2, -0.15) is 0 Å². The van der Waals surface area contributed by atoms with Crippen LogP contribution in [0.1, 0.15) is 31.9 Å². The number of rotatable bonds is 3. The van der Waals surface area contributed by atoms with Crippen LogP contribution in [0.25, 0.3) is 0 Å². The molecule has 0 radical (unpaired) electrons. The maximum absolute atomic E-state index is 12.8. The van der Waals surface area contributed by atoms with E-state index in [1.165, 1.54) is 16.9 Å². The Morgan fingerprint density at radius 2 is 1.92 bits per heavy atom. The summed E-state index contributed by atoms with van der Waals surface area (Å²) < 4.78 is 0. The van der Waals surface area contributed by atoms with Crippen molar-refractivity contribution >= 4 is 42.1 Å². The summed E-state index contributed by atoms with van der Waals surface area (Å²) in [7, 11) is 0. The molecule has 0 spiro atoms. The van der Waals surface area contributed by atoms with Gasteiger partial charge in [-0.3, -0.25) is 4.79 Å². The van der Waals surface area contributed by atoms with Crippen molar-refractivity contribution in [1.29, 1.82) is 0 Å². The lowest BCUT2D eigenvalue weighted by Crippen LogP contribution is -2.29. The fraction of sp³-hybridized carbons (Fsp3) is 0.412. The lowest BCUT2D eigenvalue weighted by molar-refractivity contribution is 0.0790. The van der Waals surface area contributed by atoms with Crippen LogP contribution in [0.2, 0.25) is 0 Å². The molecule has 0 unspecified atom stereocenters. The monoisotopic (exact) mass is 387 g/mol. The van der Waals surface area contributed by atoms with E-state index in [-0.39, 0.29) is 30.7 Å². The highest BCUT2D eigenvalue weighted by Gasteiger charge is 2.36. The van der Waals surface area contributed by atoms with E-state index >= 15 is 0 Å². The molecule has 0 saturated carbocycles. The van der Waals surface area contributed by atoms with Crippen molar-refractivity contribution in [3.05, 3.63) is 51.5 Å². The number of hydrogen-bond acceptors (Lipinski definition) is 4. The predicted molar refractivity (Wildman–Crippen MR) is 104 cm³/mol. The third-order valence-electron chi connectivity index (χ3n) is 4.36. The summed E-state index contributed by atoms with van der Waals surface area (Å²) in [6.45, 7) is 5.91. The quantitative estimate of drug-likeness (QED) is 0.877. The second-order valence-corrected chi connectivity index (χ2v) is 7.07. The van der Waals surface area contributed by atoms with Gasteiger partial charge < -0.3 is 10.6 Å². The summed E-state index contributed by atoms with van der Waals surface area (Å²) in [6, 6.07) is 10.4. The van der Waals surface area contributed by atoms with E-state index < -0.39 is 0 Å². The molecule has 1 amide bonds. The van der Waals surface area contributed by atoms with Crippen LogP contribution < -0.4 is 5.73 Å². The Labute approximate surface area is 159 Å². The van der Waals surface area contributed by atoms with Crippen LogP contribution in [0.4, 0.5) is 0 Å². The number of nitrogens with zero attached hydrogens (tertiary/aromatic N) is 2. The van der Waals surface area contributed by atoms with Crippen molar-refractivity contribution in [1.82, 2.24) is 9.88 Å². The number of aromatic nitrogens is 1. The van der Waals surface area contributed by atoms with Gasteiger partial charge in [0.05, 0.1) is 10.7 Å². The zero-order chi connectivity index (χ0) is 15.7. The van der Waals surface area contributed by atoms with Crippen LogP contribution >= 0.6 is 36.2 Å². The molecule has 1 saturated heterocycles. The maximum Gasteiger partial charge on any atom is 0.265 e. The van der Waals surface area contributed by atoms with Gasteiger partial charge in [-0.15, -0.1) is 36.2 Å². The lowest BCUT2D eigenvalue weighted by atomic mass is 9.89. The van der Waals surface area contributed by atoms with Crippen LogP contribution in [0.3, 0.4) is 0 Å². The molecule has 132 valence electrons. The Morgan fingerprint density at radius 1 is 1.25 bits per heavy atom. The molecular weight excluding hydrogens is 365 g/mol. The van der Waals surface area contributed by atoms with Crippen molar-refractivity contribution in [2.24, 2.45) is 11.7 Å². The molecule has 0 bridgehead atoms. The zero-order valence-corrected chi connectivity index (χ0v) is 16.2. The second-order valence-electron chi connectivity index (χ2n) is 5.87. The number of hydrogen-bond donors (Lipinski definition) is 1. The van der Waals surface area contributed by atoms with Gasteiger partial charge in [0.1, 0.15) is 4.88 Å². The van der Waals surface area contributed by atoms with Crippen molar-refractivity contribution in [3.8, 4) is 0 Å². The molecule has 1 aromatic heterocycles. The number of carbonyl (C=O) groups excluding carboxylic acids is 1. The Morgan fingerprint density at radius 3 is 2.46 bits per heavy atom. The molecule has 1 aliphatic heterocycles. The third kappa shape index (κ3) is 4.09. The Hall–Kier alpha value is -1.14. The minimum absolute atomic E-state index is 0. The highest BCUT2D eigenvalue weighted by Crippen LogP contribution is 2.33. The van der Waals surface area contributed by atoms with Crippen molar-refractivity contribution in [3.63, 3.8) is 0 Å². The topological polar surface area (TPSA) is 59.2 Å². The largest absolute Gasteiger partial charge is 0.337 e. The minimum atomic E-state index is 0. The number of thiazole rings is 1. The van der Waals surface area contributed by atoms with Crippen LogP contribution in [0.15, 0.2) is 30.3 Å². The SMILES string of the molecule is Cc1nc(C)c(C(=O)N2C[C@@H](CN)[C@H](c3ccccc3)C2)s1.Cl.Cl. The molecule has 1 aliphatic rings. The fourth-order valence-electron chi connectivity index (χ4n) is 3.23. The summed E-state index contributed by atoms with van der Waals surface area (Å²) >= 11 is 1.48. The summed E-state index contributed by atoms with van der Waals surface area (Å²) in [6.07, 6.45) is 0. The number of carbonyl (C=O) groups is 1. The normalized spacial score (nSPS) is 19.5. The molecule has 1 aromatic carbocycles. The van der Waals surface area contributed by atoms with Crippen molar-refractivity contribution in [2.45, 2.75) is 19.8 Å². The van der Waals surface area contributed by atoms with Gasteiger partial charge in [0, 0.05) is 19.0 Å². The number of amides is 1. The molecule has 2 atom stereocenters. The number of nitrogens with two attached hydrogens (primary N) is 1. The lowest BCUT2D eigenvalue weighted by Gasteiger charge is -2.16. The highest BCUT2D eigenvalue weighted by atomic mass is 35.5. The smallest absolute Gasteiger partial charge is 0.265 e. The molecule has 7 heteroatoms. The first-order chi connectivity index (χ1) is 10.6. The average molecular weight is 388 g/mol. The molecule has 1 fully saturated rings. The van der Waals surface area contributed by atoms with E-state index in [0.717, 1.165) is 28.7 Å². The van der Waals surface area contributed by atoms with Gasteiger partial charge in [-0.25, -0.2) is 4.98 Å². The van der Waals surface area contributed by atoms with Crippen LogP contribution in [0, 0.1) is 19.8 Å². The van der Waals surface area contributed by atoms with Gasteiger partial charge >= 0.3 is 0 Å². The molecule has 2 aromatic rings. The average Bonchev–Trinajstić information content (AvgIpc) is 3.10. The number of halogens is 2. The van der Waals surface area contributed by atoms with Crippen LogP contribution in [-0.4, -0.2) is 35.4 Å². The van der Waals surface area contributed by atoms with Crippen molar-refractivity contribution < 1.29 is 4.79 Å². The number of aryl methyl sites for hydroxylation is 2. The maximum atomic E-state index is 12.8. The highest BCUT2D eigenvalue weighted by molar-refractivity contribution is 7.13. The van der Waals surface area contributed by atoms with Gasteiger partial charge in [-0.1, -0.05) is 30.3 Å². The van der Waals surface area contributed by atoms with Crippen molar-refractivity contribution in [2.75, 3.05) is 19.6 Å². The Kier molecular flexibility index (Phi) is 7.67. The minimum Gasteiger partial charge on any atom is -0.337 e. The molecule has 0 aliphatic carbocycles. The second kappa shape index (κ2) is 8.81. The zero-order valence-electron chi connectivity index (χ0n) is 13.8. The molecular formula is C17H23Cl2N3OS. The predicted octanol–water partition coefficient (Wildman–Crippen LogP) is 3.42. The van der Waals surface area contributed by atoms with E-state index in [9.17, 15) is 4.79 Å². The fourth-order valence-corrected chi connectivity index (χ4v) is 4.11. The number of likely N-dealkylation sites (tertiary alicyclic amines) is 1. The van der Waals surface area contributed by atoms with Gasteiger partial charge in [0.2, 0.25) is 0 Å². The van der Waals surface area contributed by atoms with E-state index in [1.807, 2.05) is 36.9 Å². The molecule has 3 rings (SSSR count). The summed E-state index contributed by atoms with van der Waals surface area (Å²) in [5.74, 6) is 0.741. The summed E-state index contributed by atoms with van der Waals surface area (Å²) in [5, 5.41) is 0.940. The molecule has 4 nitrogen and oxygen atoms in total. The third-order valence-corrected chi connectivity index (χ3v) is 5.42. The van der Waals surface area contributed by atoms with Gasteiger partial charge in [0.25, 0.3) is 5.91 Å². The Balaban J connectivity index is 0.00000144. The Bertz CT molecular complexity index is 678. The first-order valence-corrected chi connectivity index (χ1v) is 8.40. The molecule has 24 heavy (non-hydrogen) atoms. The molecule has 2 N–H and O–H groups in total. The van der Waals surface area contributed by atoms with E-state index in [1.54, 1.807) is 0 Å².